The number of aromatic nitrogens is 3. The number of anilines is 1. The van der Waals surface area contributed by atoms with Crippen molar-refractivity contribution >= 4 is 45.6 Å². The molecule has 0 saturated carbocycles. The second-order valence-corrected chi connectivity index (χ2v) is 12.5. The van der Waals surface area contributed by atoms with Gasteiger partial charge < -0.3 is 14.6 Å². The van der Waals surface area contributed by atoms with E-state index in [2.05, 4.69) is 42.4 Å². The minimum absolute atomic E-state index is 0.161. The van der Waals surface area contributed by atoms with Crippen LogP contribution < -0.4 is 10.1 Å². The second kappa shape index (κ2) is 11.5. The molecule has 4 rings (SSSR count). The first-order valence-corrected chi connectivity index (χ1v) is 14.6. The van der Waals surface area contributed by atoms with Crippen molar-refractivity contribution in [1.82, 2.24) is 14.8 Å². The summed E-state index contributed by atoms with van der Waals surface area (Å²) in [6.07, 6.45) is 3.72. The standard InChI is InChI=1S/C27H32ClN5O2S2/c1-6-27(3,4)17-10-11-20-21(14-29)25(37-22(20)12-17)30-23(34)15-36-26-32-31-24(33(26)5)16(2)35-19-9-7-8-18(28)13-19/h7-9,13,16-17H,6,10-12,15H2,1-5H3,(H,30,34). The molecule has 1 aromatic carbocycles. The normalized spacial score (nSPS) is 16.1. The highest BCUT2D eigenvalue weighted by Gasteiger charge is 2.34. The average Bonchev–Trinajstić information content (AvgIpc) is 3.41. The minimum atomic E-state index is -0.351. The van der Waals surface area contributed by atoms with E-state index >= 15 is 0 Å². The van der Waals surface area contributed by atoms with Gasteiger partial charge in [0.05, 0.1) is 11.3 Å². The fourth-order valence-electron chi connectivity index (χ4n) is 4.64. The van der Waals surface area contributed by atoms with Gasteiger partial charge in [-0.15, -0.1) is 21.5 Å². The van der Waals surface area contributed by atoms with Crippen LogP contribution in [0.4, 0.5) is 5.00 Å². The van der Waals surface area contributed by atoms with Crippen molar-refractivity contribution in [3.8, 4) is 11.8 Å². The van der Waals surface area contributed by atoms with Crippen LogP contribution in [0.2, 0.25) is 5.02 Å². The lowest BCUT2D eigenvalue weighted by Gasteiger charge is -2.36. The number of nitrogens with one attached hydrogen (secondary N) is 1. The average molecular weight is 558 g/mol. The van der Waals surface area contributed by atoms with Crippen molar-refractivity contribution < 1.29 is 9.53 Å². The molecule has 0 saturated heterocycles. The van der Waals surface area contributed by atoms with Crippen molar-refractivity contribution in [3.05, 3.63) is 51.1 Å². The molecule has 1 aliphatic carbocycles. The molecule has 1 aliphatic rings. The fraction of sp³-hybridized carbons (Fsp3) is 0.481. The summed E-state index contributed by atoms with van der Waals surface area (Å²) in [5.41, 5.74) is 2.00. The van der Waals surface area contributed by atoms with Crippen LogP contribution in [0.3, 0.4) is 0 Å². The Morgan fingerprint density at radius 1 is 1.43 bits per heavy atom. The molecule has 10 heteroatoms. The molecule has 7 nitrogen and oxygen atoms in total. The summed E-state index contributed by atoms with van der Waals surface area (Å²) in [5, 5.41) is 23.2. The molecule has 0 fully saturated rings. The van der Waals surface area contributed by atoms with Gasteiger partial charge in [-0.25, -0.2) is 0 Å². The summed E-state index contributed by atoms with van der Waals surface area (Å²) in [4.78, 5) is 14.1. The number of hydrogen-bond acceptors (Lipinski definition) is 7. The molecule has 2 unspecified atom stereocenters. The molecule has 1 N–H and O–H groups in total. The first kappa shape index (κ1) is 27.5. The van der Waals surface area contributed by atoms with E-state index in [9.17, 15) is 10.1 Å². The lowest BCUT2D eigenvalue weighted by Crippen LogP contribution is -2.28. The Labute approximate surface area is 231 Å². The highest BCUT2D eigenvalue weighted by molar-refractivity contribution is 7.99. The summed E-state index contributed by atoms with van der Waals surface area (Å²) >= 11 is 8.90. The Balaban J connectivity index is 1.38. The van der Waals surface area contributed by atoms with Crippen LogP contribution in [0.15, 0.2) is 29.4 Å². The first-order valence-electron chi connectivity index (χ1n) is 12.4. The van der Waals surface area contributed by atoms with E-state index in [1.165, 1.54) is 16.6 Å². The van der Waals surface area contributed by atoms with Gasteiger partial charge in [-0.2, -0.15) is 5.26 Å². The Bertz CT molecular complexity index is 1330. The van der Waals surface area contributed by atoms with Crippen LogP contribution in [0.5, 0.6) is 5.75 Å². The van der Waals surface area contributed by atoms with Gasteiger partial charge in [-0.3, -0.25) is 4.79 Å². The third-order valence-electron chi connectivity index (χ3n) is 7.32. The molecule has 2 aromatic heterocycles. The Hall–Kier alpha value is -2.54. The Morgan fingerprint density at radius 2 is 2.22 bits per heavy atom. The van der Waals surface area contributed by atoms with Crippen molar-refractivity contribution in [3.63, 3.8) is 0 Å². The zero-order valence-corrected chi connectivity index (χ0v) is 24.2. The second-order valence-electron chi connectivity index (χ2n) is 10.1. The number of benzene rings is 1. The maximum Gasteiger partial charge on any atom is 0.235 e. The smallest absolute Gasteiger partial charge is 0.235 e. The number of nitriles is 1. The molecule has 0 radical (unpaired) electrons. The van der Waals surface area contributed by atoms with Crippen molar-refractivity contribution in [2.75, 3.05) is 11.1 Å². The summed E-state index contributed by atoms with van der Waals surface area (Å²) in [6, 6.07) is 9.54. The monoisotopic (exact) mass is 557 g/mol. The number of ether oxygens (including phenoxy) is 1. The van der Waals surface area contributed by atoms with Gasteiger partial charge >= 0.3 is 0 Å². The quantitative estimate of drug-likeness (QED) is 0.290. The van der Waals surface area contributed by atoms with Crippen LogP contribution in [0.25, 0.3) is 0 Å². The lowest BCUT2D eigenvalue weighted by atomic mass is 9.69. The van der Waals surface area contributed by atoms with E-state index < -0.39 is 0 Å². The summed E-state index contributed by atoms with van der Waals surface area (Å²) in [6.45, 7) is 8.77. The molecule has 0 bridgehead atoms. The summed E-state index contributed by atoms with van der Waals surface area (Å²) in [5.74, 6) is 1.87. The maximum atomic E-state index is 12.8. The van der Waals surface area contributed by atoms with Gasteiger partial charge in [0, 0.05) is 16.9 Å². The number of rotatable bonds is 9. The molecular weight excluding hydrogens is 526 g/mol. The van der Waals surface area contributed by atoms with E-state index in [4.69, 9.17) is 16.3 Å². The van der Waals surface area contributed by atoms with Crippen LogP contribution in [-0.2, 0) is 24.7 Å². The molecule has 37 heavy (non-hydrogen) atoms. The van der Waals surface area contributed by atoms with Crippen molar-refractivity contribution in [2.45, 2.75) is 64.6 Å². The van der Waals surface area contributed by atoms with Gasteiger partial charge in [0.15, 0.2) is 17.1 Å². The molecule has 1 amide bonds. The maximum absolute atomic E-state index is 12.8. The zero-order valence-electron chi connectivity index (χ0n) is 21.8. The van der Waals surface area contributed by atoms with Crippen LogP contribution in [-0.4, -0.2) is 26.4 Å². The van der Waals surface area contributed by atoms with Gasteiger partial charge in [0.25, 0.3) is 0 Å². The van der Waals surface area contributed by atoms with E-state index in [0.717, 1.165) is 31.2 Å². The molecule has 0 spiro atoms. The number of carbonyl (C=O) groups is 1. The van der Waals surface area contributed by atoms with Crippen LogP contribution in [0.1, 0.15) is 68.5 Å². The third kappa shape index (κ3) is 6.14. The first-order chi connectivity index (χ1) is 17.6. The van der Waals surface area contributed by atoms with E-state index in [0.29, 0.717) is 38.2 Å². The predicted octanol–water partition coefficient (Wildman–Crippen LogP) is 6.81. The SMILES string of the molecule is CCC(C)(C)C1CCc2c(sc(NC(=O)CSc3nnc(C(C)Oc4cccc(Cl)c4)n3C)c2C#N)C1. The topological polar surface area (TPSA) is 92.8 Å². The van der Waals surface area contributed by atoms with E-state index in [1.807, 2.05) is 30.7 Å². The third-order valence-corrected chi connectivity index (χ3v) is 9.75. The molecule has 0 aliphatic heterocycles. The van der Waals surface area contributed by atoms with Crippen LogP contribution in [0, 0.1) is 22.7 Å². The van der Waals surface area contributed by atoms with Crippen molar-refractivity contribution in [1.29, 1.82) is 5.26 Å². The van der Waals surface area contributed by atoms with Crippen LogP contribution >= 0.6 is 34.7 Å². The number of carbonyl (C=O) groups excluding carboxylic acids is 1. The fourth-order valence-corrected chi connectivity index (χ4v) is 6.84. The largest absolute Gasteiger partial charge is 0.483 e. The van der Waals surface area contributed by atoms with E-state index in [1.54, 1.807) is 23.5 Å². The summed E-state index contributed by atoms with van der Waals surface area (Å²) < 4.78 is 7.78. The van der Waals surface area contributed by atoms with Gasteiger partial charge in [0.2, 0.25) is 5.91 Å². The number of amides is 1. The lowest BCUT2D eigenvalue weighted by molar-refractivity contribution is -0.113. The Kier molecular flexibility index (Phi) is 8.52. The number of hydrogen-bond donors (Lipinski definition) is 1. The molecular formula is C27H32ClN5O2S2. The van der Waals surface area contributed by atoms with Gasteiger partial charge in [-0.05, 0) is 61.3 Å². The van der Waals surface area contributed by atoms with Gasteiger partial charge in [-0.1, -0.05) is 56.6 Å². The van der Waals surface area contributed by atoms with Gasteiger partial charge in [0.1, 0.15) is 16.8 Å². The predicted molar refractivity (Wildman–Crippen MR) is 149 cm³/mol. The highest BCUT2D eigenvalue weighted by Crippen LogP contribution is 2.45. The molecule has 2 atom stereocenters. The molecule has 2 heterocycles. The summed E-state index contributed by atoms with van der Waals surface area (Å²) in [7, 11) is 1.85. The number of thiophene rings is 1. The zero-order chi connectivity index (χ0) is 26.7. The number of nitrogens with zero attached hydrogens (tertiary/aromatic N) is 4. The number of thioether (sulfide) groups is 1. The van der Waals surface area contributed by atoms with Crippen molar-refractivity contribution in [2.24, 2.45) is 18.4 Å². The minimum Gasteiger partial charge on any atom is -0.483 e. The molecule has 3 aromatic rings. The highest BCUT2D eigenvalue weighted by atomic mass is 35.5. The number of halogens is 1. The van der Waals surface area contributed by atoms with E-state index in [-0.39, 0.29) is 23.2 Å². The Morgan fingerprint density at radius 3 is 2.92 bits per heavy atom. The number of fused-ring (bicyclic) bond motifs is 1. The molecule has 196 valence electrons.